The van der Waals surface area contributed by atoms with Crippen molar-refractivity contribution in [3.63, 3.8) is 0 Å². The van der Waals surface area contributed by atoms with Crippen molar-refractivity contribution in [2.24, 2.45) is 11.7 Å². The Morgan fingerprint density at radius 3 is 2.65 bits per heavy atom. The first-order chi connectivity index (χ1) is 8.15. The van der Waals surface area contributed by atoms with Crippen LogP contribution in [0.4, 0.5) is 0 Å². The molecule has 17 heavy (non-hydrogen) atoms. The molecule has 1 heterocycles. The van der Waals surface area contributed by atoms with E-state index in [1.54, 1.807) is 0 Å². The molecule has 0 aliphatic carbocycles. The highest BCUT2D eigenvalue weighted by molar-refractivity contribution is 7.99. The van der Waals surface area contributed by atoms with Crippen molar-refractivity contribution >= 4 is 11.8 Å². The molecule has 2 atom stereocenters. The van der Waals surface area contributed by atoms with Gasteiger partial charge in [-0.2, -0.15) is 11.8 Å². The zero-order valence-corrected chi connectivity index (χ0v) is 11.9. The van der Waals surface area contributed by atoms with Crippen molar-refractivity contribution in [2.45, 2.75) is 44.9 Å². The number of nitrogens with two attached hydrogens (primary N) is 1. The second-order valence-corrected chi connectivity index (χ2v) is 6.05. The number of rotatable bonds is 7. The topological polar surface area (TPSA) is 38.9 Å². The molecule has 0 aromatic carbocycles. The summed E-state index contributed by atoms with van der Waals surface area (Å²) in [4.78, 5) is 4.45. The van der Waals surface area contributed by atoms with Crippen molar-refractivity contribution in [1.29, 1.82) is 0 Å². The Morgan fingerprint density at radius 1 is 1.35 bits per heavy atom. The van der Waals surface area contributed by atoms with Crippen LogP contribution in [0, 0.1) is 5.92 Å². The number of hydrogen-bond acceptors (Lipinski definition) is 3. The van der Waals surface area contributed by atoms with Crippen molar-refractivity contribution in [2.75, 3.05) is 5.75 Å². The minimum atomic E-state index is 0.196. The van der Waals surface area contributed by atoms with Gasteiger partial charge in [-0.25, -0.2) is 0 Å². The molecule has 0 fully saturated rings. The number of hydrogen-bond donors (Lipinski definition) is 1. The van der Waals surface area contributed by atoms with Crippen LogP contribution in [0.2, 0.25) is 0 Å². The second kappa shape index (κ2) is 7.72. The van der Waals surface area contributed by atoms with E-state index in [0.717, 1.165) is 23.8 Å². The molecule has 1 aromatic heterocycles. The van der Waals surface area contributed by atoms with Gasteiger partial charge in [-0.05, 0) is 36.6 Å². The van der Waals surface area contributed by atoms with Gasteiger partial charge in [-0.15, -0.1) is 0 Å². The Bertz CT molecular complexity index is 300. The summed E-state index contributed by atoms with van der Waals surface area (Å²) in [6.07, 6.45) is 4.09. The van der Waals surface area contributed by atoms with Gasteiger partial charge in [0.1, 0.15) is 0 Å². The predicted octanol–water partition coefficient (Wildman–Crippen LogP) is 3.64. The van der Waals surface area contributed by atoms with Crippen molar-refractivity contribution in [3.8, 4) is 0 Å². The number of thioether (sulfide) groups is 1. The molecular weight excluding hydrogens is 228 g/mol. The summed E-state index contributed by atoms with van der Waals surface area (Å²) in [6, 6.07) is 6.28. The van der Waals surface area contributed by atoms with Crippen LogP contribution in [0.25, 0.3) is 0 Å². The number of aromatic nitrogens is 1. The van der Waals surface area contributed by atoms with E-state index in [1.165, 1.54) is 6.42 Å². The lowest BCUT2D eigenvalue weighted by atomic mass is 10.1. The molecule has 0 saturated heterocycles. The highest BCUT2D eigenvalue weighted by Crippen LogP contribution is 2.32. The minimum Gasteiger partial charge on any atom is -0.326 e. The van der Waals surface area contributed by atoms with Crippen LogP contribution < -0.4 is 5.73 Å². The summed E-state index contributed by atoms with van der Waals surface area (Å²) in [5.74, 6) is 1.91. The van der Waals surface area contributed by atoms with E-state index in [2.05, 4.69) is 31.8 Å². The van der Waals surface area contributed by atoms with E-state index in [4.69, 9.17) is 5.73 Å². The van der Waals surface area contributed by atoms with E-state index in [9.17, 15) is 0 Å². The average molecular weight is 252 g/mol. The quantitative estimate of drug-likeness (QED) is 0.805. The summed E-state index contributed by atoms with van der Waals surface area (Å²) in [6.45, 7) is 6.66. The standard InChI is InChI=1S/C14H24N2S/c1-4-12(15)14(17-10-8-11(2)3)13-7-5-6-9-16-13/h5-7,9,11-12,14H,4,8,10,15H2,1-3H3. The molecule has 0 radical (unpaired) electrons. The van der Waals surface area contributed by atoms with Crippen LogP contribution >= 0.6 is 11.8 Å². The highest BCUT2D eigenvalue weighted by Gasteiger charge is 2.19. The fraction of sp³-hybridized carbons (Fsp3) is 0.643. The van der Waals surface area contributed by atoms with Crippen molar-refractivity contribution in [1.82, 2.24) is 4.98 Å². The van der Waals surface area contributed by atoms with E-state index in [1.807, 2.05) is 30.1 Å². The zero-order valence-electron chi connectivity index (χ0n) is 11.1. The Morgan fingerprint density at radius 2 is 2.12 bits per heavy atom. The maximum Gasteiger partial charge on any atom is 0.0620 e. The summed E-state index contributed by atoms with van der Waals surface area (Å²) in [5.41, 5.74) is 7.33. The van der Waals surface area contributed by atoms with Gasteiger partial charge in [0.25, 0.3) is 0 Å². The van der Waals surface area contributed by atoms with Gasteiger partial charge in [-0.3, -0.25) is 4.98 Å². The zero-order chi connectivity index (χ0) is 12.7. The highest BCUT2D eigenvalue weighted by atomic mass is 32.2. The maximum atomic E-state index is 6.21. The Kier molecular flexibility index (Phi) is 6.60. The van der Waals surface area contributed by atoms with E-state index < -0.39 is 0 Å². The largest absolute Gasteiger partial charge is 0.326 e. The normalized spacial score (nSPS) is 14.9. The third-order valence-electron chi connectivity index (χ3n) is 2.83. The third-order valence-corrected chi connectivity index (χ3v) is 4.25. The molecule has 1 aromatic rings. The van der Waals surface area contributed by atoms with Crippen LogP contribution in [0.15, 0.2) is 24.4 Å². The molecule has 2 unspecified atom stereocenters. The number of pyridine rings is 1. The van der Waals surface area contributed by atoms with Crippen LogP contribution in [-0.4, -0.2) is 16.8 Å². The second-order valence-electron chi connectivity index (χ2n) is 4.80. The summed E-state index contributed by atoms with van der Waals surface area (Å²) in [5, 5.41) is 0.333. The van der Waals surface area contributed by atoms with Crippen molar-refractivity contribution in [3.05, 3.63) is 30.1 Å². The van der Waals surface area contributed by atoms with Crippen LogP contribution in [-0.2, 0) is 0 Å². The smallest absolute Gasteiger partial charge is 0.0620 e. The molecule has 0 aliphatic rings. The monoisotopic (exact) mass is 252 g/mol. The molecule has 2 nitrogen and oxygen atoms in total. The van der Waals surface area contributed by atoms with Gasteiger partial charge in [0.2, 0.25) is 0 Å². The fourth-order valence-electron chi connectivity index (χ4n) is 1.62. The van der Waals surface area contributed by atoms with Crippen LogP contribution in [0.3, 0.4) is 0 Å². The lowest BCUT2D eigenvalue weighted by molar-refractivity contribution is 0.612. The maximum absolute atomic E-state index is 6.21. The van der Waals surface area contributed by atoms with Gasteiger partial charge < -0.3 is 5.73 Å². The van der Waals surface area contributed by atoms with Gasteiger partial charge >= 0.3 is 0 Å². The Labute approximate surface area is 109 Å². The van der Waals surface area contributed by atoms with Gasteiger partial charge in [-0.1, -0.05) is 26.8 Å². The molecule has 0 saturated carbocycles. The predicted molar refractivity (Wildman–Crippen MR) is 77.2 cm³/mol. The molecule has 0 spiro atoms. The molecule has 0 aliphatic heterocycles. The SMILES string of the molecule is CCC(N)C(SCCC(C)C)c1ccccn1. The first-order valence-electron chi connectivity index (χ1n) is 6.43. The average Bonchev–Trinajstić information content (AvgIpc) is 2.34. The lowest BCUT2D eigenvalue weighted by Crippen LogP contribution is -2.26. The minimum absolute atomic E-state index is 0.196. The third kappa shape index (κ3) is 5.09. The van der Waals surface area contributed by atoms with E-state index in [-0.39, 0.29) is 6.04 Å². The summed E-state index contributed by atoms with van der Waals surface area (Å²) >= 11 is 1.95. The summed E-state index contributed by atoms with van der Waals surface area (Å²) in [7, 11) is 0. The molecule has 2 N–H and O–H groups in total. The first kappa shape index (κ1) is 14.5. The molecule has 96 valence electrons. The lowest BCUT2D eigenvalue weighted by Gasteiger charge is -2.22. The molecule has 0 amide bonds. The number of nitrogens with zero attached hydrogens (tertiary/aromatic N) is 1. The molecular formula is C14H24N2S. The Hall–Kier alpha value is -0.540. The first-order valence-corrected chi connectivity index (χ1v) is 7.48. The fourth-order valence-corrected chi connectivity index (χ4v) is 3.23. The van der Waals surface area contributed by atoms with Gasteiger partial charge in [0.15, 0.2) is 0 Å². The van der Waals surface area contributed by atoms with Gasteiger partial charge in [0, 0.05) is 12.2 Å². The summed E-state index contributed by atoms with van der Waals surface area (Å²) < 4.78 is 0. The molecule has 0 bridgehead atoms. The molecule has 3 heteroatoms. The molecule has 1 rings (SSSR count). The van der Waals surface area contributed by atoms with Crippen molar-refractivity contribution < 1.29 is 0 Å². The van der Waals surface area contributed by atoms with Gasteiger partial charge in [0.05, 0.1) is 10.9 Å². The van der Waals surface area contributed by atoms with E-state index >= 15 is 0 Å². The van der Waals surface area contributed by atoms with Crippen LogP contribution in [0.1, 0.15) is 44.6 Å². The van der Waals surface area contributed by atoms with Crippen LogP contribution in [0.5, 0.6) is 0 Å². The van der Waals surface area contributed by atoms with E-state index in [0.29, 0.717) is 5.25 Å². The Balaban J connectivity index is 2.61.